The van der Waals surface area contributed by atoms with E-state index in [4.69, 9.17) is 0 Å². The first-order valence-electron chi connectivity index (χ1n) is 9.39. The van der Waals surface area contributed by atoms with E-state index in [0.717, 1.165) is 24.8 Å². The van der Waals surface area contributed by atoms with Gasteiger partial charge in [-0.15, -0.1) is 0 Å². The van der Waals surface area contributed by atoms with E-state index >= 15 is 0 Å². The van der Waals surface area contributed by atoms with Gasteiger partial charge in [0.05, 0.1) is 29.2 Å². The molecule has 1 fully saturated rings. The zero-order valence-electron chi connectivity index (χ0n) is 15.9. The fourth-order valence-electron chi connectivity index (χ4n) is 3.84. The molecule has 1 aliphatic carbocycles. The number of rotatable bonds is 5. The molecule has 1 aromatic rings. The molecule has 1 saturated carbocycles. The van der Waals surface area contributed by atoms with Crippen LogP contribution in [-0.4, -0.2) is 17.7 Å². The highest BCUT2D eigenvalue weighted by Gasteiger charge is 2.40. The van der Waals surface area contributed by atoms with E-state index in [0.29, 0.717) is 17.1 Å². The molecule has 2 aliphatic rings. The third-order valence-corrected chi connectivity index (χ3v) is 5.39. The van der Waals surface area contributed by atoms with Crippen LogP contribution in [-0.2, 0) is 4.79 Å². The molecule has 0 spiro atoms. The Morgan fingerprint density at radius 1 is 1.19 bits per heavy atom. The Kier molecular flexibility index (Phi) is 5.15. The quantitative estimate of drug-likeness (QED) is 0.812. The van der Waals surface area contributed by atoms with Crippen LogP contribution in [0.5, 0.6) is 0 Å². The van der Waals surface area contributed by atoms with Gasteiger partial charge < -0.3 is 5.32 Å². The number of ketones is 1. The lowest BCUT2D eigenvalue weighted by Gasteiger charge is -2.34. The summed E-state index contributed by atoms with van der Waals surface area (Å²) >= 11 is 0. The third-order valence-electron chi connectivity index (χ3n) is 5.39. The lowest BCUT2D eigenvalue weighted by Crippen LogP contribution is -2.47. The van der Waals surface area contributed by atoms with Gasteiger partial charge >= 0.3 is 0 Å². The Bertz CT molecular complexity index is 878. The molecule has 1 aliphatic heterocycles. The first-order valence-corrected chi connectivity index (χ1v) is 9.39. The topological polar surface area (TPSA) is 93.8 Å². The molecular weight excluding hydrogens is 338 g/mol. The van der Waals surface area contributed by atoms with Crippen molar-refractivity contribution in [3.63, 3.8) is 0 Å². The van der Waals surface area contributed by atoms with E-state index in [1.807, 2.05) is 32.9 Å². The second-order valence-electron chi connectivity index (χ2n) is 7.89. The van der Waals surface area contributed by atoms with Crippen LogP contribution in [0.15, 0.2) is 29.3 Å². The molecule has 2 atom stereocenters. The average Bonchev–Trinajstić information content (AvgIpc) is 3.46. The number of nitrogens with one attached hydrogen (secondary N) is 1. The second kappa shape index (κ2) is 7.37. The van der Waals surface area contributed by atoms with Gasteiger partial charge in [-0.25, -0.2) is 0 Å². The normalized spacial score (nSPS) is 22.2. The highest BCUT2D eigenvalue weighted by molar-refractivity contribution is 6.13. The van der Waals surface area contributed by atoms with Crippen LogP contribution in [0.3, 0.4) is 0 Å². The van der Waals surface area contributed by atoms with Crippen LogP contribution < -0.4 is 5.32 Å². The highest BCUT2D eigenvalue weighted by Crippen LogP contribution is 2.41. The molecule has 5 nitrogen and oxygen atoms in total. The smallest absolute Gasteiger partial charge is 0.228 e. The van der Waals surface area contributed by atoms with Gasteiger partial charge in [0.25, 0.3) is 0 Å². The van der Waals surface area contributed by atoms with Crippen molar-refractivity contribution < 1.29 is 9.59 Å². The first-order chi connectivity index (χ1) is 12.8. The number of hydrogen-bond acceptors (Lipinski definition) is 4. The number of carbonyl (C=O) groups is 2. The summed E-state index contributed by atoms with van der Waals surface area (Å²) in [6.07, 6.45) is 3.12. The number of Topliss-reactive ketones (excluding diaryl/α,β-unsaturated/α-hetero) is 1. The van der Waals surface area contributed by atoms with Gasteiger partial charge in [-0.1, -0.05) is 13.8 Å². The average molecular weight is 361 g/mol. The maximum Gasteiger partial charge on any atom is 0.228 e. The van der Waals surface area contributed by atoms with Crippen molar-refractivity contribution in [2.75, 3.05) is 0 Å². The molecule has 1 aromatic carbocycles. The van der Waals surface area contributed by atoms with Crippen LogP contribution in [0, 0.1) is 40.4 Å². The molecule has 1 N–H and O–H groups in total. The van der Waals surface area contributed by atoms with Crippen molar-refractivity contribution in [1.29, 1.82) is 10.5 Å². The van der Waals surface area contributed by atoms with Crippen LogP contribution in [0.25, 0.3) is 0 Å². The maximum absolute atomic E-state index is 13.5. The minimum absolute atomic E-state index is 0.0276. The molecule has 0 saturated heterocycles. The van der Waals surface area contributed by atoms with E-state index in [1.165, 1.54) is 18.2 Å². The number of benzene rings is 1. The van der Waals surface area contributed by atoms with Crippen LogP contribution in [0.2, 0.25) is 0 Å². The molecule has 0 radical (unpaired) electrons. The largest absolute Gasteiger partial charge is 0.349 e. The summed E-state index contributed by atoms with van der Waals surface area (Å²) in [5.74, 6) is -0.330. The molecular formula is C22H23N3O2. The van der Waals surface area contributed by atoms with Crippen molar-refractivity contribution in [3.05, 3.63) is 46.0 Å². The predicted molar refractivity (Wildman–Crippen MR) is 101 cm³/mol. The van der Waals surface area contributed by atoms with Gasteiger partial charge in [-0.05, 0) is 61.8 Å². The third kappa shape index (κ3) is 3.78. The number of amides is 1. The van der Waals surface area contributed by atoms with E-state index in [9.17, 15) is 20.1 Å². The van der Waals surface area contributed by atoms with Gasteiger partial charge in [-0.3, -0.25) is 9.59 Å². The molecule has 3 rings (SSSR count). The van der Waals surface area contributed by atoms with Crippen molar-refractivity contribution in [1.82, 2.24) is 5.32 Å². The Morgan fingerprint density at radius 2 is 1.78 bits per heavy atom. The van der Waals surface area contributed by atoms with Gasteiger partial charge in [-0.2, -0.15) is 10.5 Å². The summed E-state index contributed by atoms with van der Waals surface area (Å²) in [6.45, 7) is 5.80. The number of hydrogen-bond donors (Lipinski definition) is 1. The standard InChI is InChI=1S/C22H23N3O2/c1-12(2)19-20(18(9-14-4-5-14)13(3)25-22(19)27)21(26)17-7-15(10-23)6-16(8-17)11-24/h6-8,12-14,19H,4-5,9H2,1-3H3,(H,25,27). The molecule has 0 aromatic heterocycles. The van der Waals surface area contributed by atoms with E-state index in [-0.39, 0.29) is 34.8 Å². The van der Waals surface area contributed by atoms with Crippen molar-refractivity contribution in [2.45, 2.75) is 46.1 Å². The molecule has 2 unspecified atom stereocenters. The fraction of sp³-hybridized carbons (Fsp3) is 0.455. The Hall–Kier alpha value is -2.92. The van der Waals surface area contributed by atoms with E-state index < -0.39 is 5.92 Å². The summed E-state index contributed by atoms with van der Waals surface area (Å²) in [7, 11) is 0. The zero-order chi connectivity index (χ0) is 19.7. The minimum Gasteiger partial charge on any atom is -0.349 e. The first kappa shape index (κ1) is 18.9. The number of carbonyl (C=O) groups excluding carboxylic acids is 2. The van der Waals surface area contributed by atoms with Crippen molar-refractivity contribution in [3.8, 4) is 12.1 Å². The zero-order valence-corrected chi connectivity index (χ0v) is 15.9. The van der Waals surface area contributed by atoms with Crippen molar-refractivity contribution in [2.24, 2.45) is 17.8 Å². The summed E-state index contributed by atoms with van der Waals surface area (Å²) in [6, 6.07) is 8.32. The second-order valence-corrected chi connectivity index (χ2v) is 7.89. The lowest BCUT2D eigenvalue weighted by molar-refractivity contribution is -0.126. The lowest BCUT2D eigenvalue weighted by atomic mass is 9.75. The predicted octanol–water partition coefficient (Wildman–Crippen LogP) is 3.50. The van der Waals surface area contributed by atoms with Gasteiger partial charge in [0.1, 0.15) is 0 Å². The Labute approximate surface area is 159 Å². The summed E-state index contributed by atoms with van der Waals surface area (Å²) in [5.41, 5.74) is 2.42. The summed E-state index contributed by atoms with van der Waals surface area (Å²) in [4.78, 5) is 26.2. The summed E-state index contributed by atoms with van der Waals surface area (Å²) < 4.78 is 0. The molecule has 1 heterocycles. The molecule has 0 bridgehead atoms. The molecule has 27 heavy (non-hydrogen) atoms. The van der Waals surface area contributed by atoms with Crippen molar-refractivity contribution >= 4 is 11.7 Å². The van der Waals surface area contributed by atoms with Gasteiger partial charge in [0.2, 0.25) is 5.91 Å². The van der Waals surface area contributed by atoms with Crippen LogP contribution in [0.1, 0.15) is 61.5 Å². The Morgan fingerprint density at radius 3 is 2.26 bits per heavy atom. The number of nitrogens with zero attached hydrogens (tertiary/aromatic N) is 2. The molecule has 1 amide bonds. The fourth-order valence-corrected chi connectivity index (χ4v) is 3.84. The van der Waals surface area contributed by atoms with Crippen LogP contribution in [0.4, 0.5) is 0 Å². The minimum atomic E-state index is -0.515. The Balaban J connectivity index is 2.15. The molecule has 138 valence electrons. The maximum atomic E-state index is 13.5. The monoisotopic (exact) mass is 361 g/mol. The number of nitriles is 2. The van der Waals surface area contributed by atoms with Gasteiger partial charge in [0, 0.05) is 17.2 Å². The van der Waals surface area contributed by atoms with E-state index in [1.54, 1.807) is 0 Å². The van der Waals surface area contributed by atoms with Crippen LogP contribution >= 0.6 is 0 Å². The highest BCUT2D eigenvalue weighted by atomic mass is 16.2. The SMILES string of the molecule is CC1NC(=O)C(C(C)C)C(C(=O)c2cc(C#N)cc(C#N)c2)=C1CC1CC1. The molecule has 5 heteroatoms. The van der Waals surface area contributed by atoms with Gasteiger partial charge in [0.15, 0.2) is 5.78 Å². The summed E-state index contributed by atoms with van der Waals surface area (Å²) in [5, 5.41) is 21.5. The van der Waals surface area contributed by atoms with E-state index in [2.05, 4.69) is 5.32 Å².